The van der Waals surface area contributed by atoms with Crippen LogP contribution in [0.5, 0.6) is 11.5 Å². The summed E-state index contributed by atoms with van der Waals surface area (Å²) in [6.07, 6.45) is -0.818. The Hall–Kier alpha value is -2.79. The van der Waals surface area contributed by atoms with Crippen LogP contribution in [0.2, 0.25) is 0 Å². The second-order valence-electron chi connectivity index (χ2n) is 10.6. The number of hydrogen-bond donors (Lipinski definition) is 0. The Morgan fingerprint density at radius 2 is 1.61 bits per heavy atom. The van der Waals surface area contributed by atoms with Crippen LogP contribution in [0, 0.1) is 29.4 Å². The molecule has 1 saturated carbocycles. The monoisotopic (exact) mass is 590 g/mol. The van der Waals surface area contributed by atoms with E-state index in [0.717, 1.165) is 55.7 Å². The Labute approximate surface area is 234 Å². The molecule has 226 valence electrons. The highest BCUT2D eigenvalue weighted by atomic mass is 19.3. The molecule has 0 N–H and O–H groups in total. The van der Waals surface area contributed by atoms with Gasteiger partial charge in [-0.3, -0.25) is 0 Å². The summed E-state index contributed by atoms with van der Waals surface area (Å²) in [5.41, 5.74) is -0.215. The van der Waals surface area contributed by atoms with E-state index in [-0.39, 0.29) is 36.2 Å². The van der Waals surface area contributed by atoms with Crippen LogP contribution in [0.15, 0.2) is 48.5 Å². The number of halogens is 7. The zero-order chi connectivity index (χ0) is 29.6. The van der Waals surface area contributed by atoms with Crippen LogP contribution in [-0.2, 0) is 9.47 Å². The molecule has 0 amide bonds. The summed E-state index contributed by atoms with van der Waals surface area (Å²) in [6, 6.07) is 3.46. The summed E-state index contributed by atoms with van der Waals surface area (Å²) in [5.74, 6) is -4.12. The van der Waals surface area contributed by atoms with Crippen LogP contribution in [0.4, 0.5) is 30.7 Å². The van der Waals surface area contributed by atoms with Gasteiger partial charge in [-0.25, -0.2) is 8.78 Å². The van der Waals surface area contributed by atoms with Gasteiger partial charge in [0.1, 0.15) is 11.6 Å². The van der Waals surface area contributed by atoms with Crippen molar-refractivity contribution < 1.29 is 49.7 Å². The van der Waals surface area contributed by atoms with E-state index in [1.54, 1.807) is 0 Å². The van der Waals surface area contributed by atoms with Crippen LogP contribution < -0.4 is 9.47 Å². The first-order valence-corrected chi connectivity index (χ1v) is 13.9. The lowest BCUT2D eigenvalue weighted by Crippen LogP contribution is -2.42. The zero-order valence-electron chi connectivity index (χ0n) is 22.6. The normalized spacial score (nSPS) is 23.2. The summed E-state index contributed by atoms with van der Waals surface area (Å²) in [6.45, 7) is 3.39. The predicted octanol–water partition coefficient (Wildman–Crippen LogP) is 9.39. The van der Waals surface area contributed by atoms with Crippen LogP contribution >= 0.6 is 0 Å². The first kappa shape index (κ1) is 31.2. The van der Waals surface area contributed by atoms with E-state index >= 15 is 8.78 Å². The van der Waals surface area contributed by atoms with Gasteiger partial charge in [0.2, 0.25) is 0 Å². The van der Waals surface area contributed by atoms with Gasteiger partial charge in [-0.2, -0.15) is 22.0 Å². The summed E-state index contributed by atoms with van der Waals surface area (Å²) >= 11 is 0. The average molecular weight is 591 g/mol. The standard InChI is InChI=1S/C30H33F7O4/c1-2-3-4-5-18-16-38-29(39-17-18)19-6-9-21(10-7-19)30(36,37)41-22-11-12-23(24(31)15-22)20-8-13-26(25(32)14-20)40-28(35)27(33)34/h8,11-15,18-19,21,29H,2-7,9-10,16-17H2,1H3. The van der Waals surface area contributed by atoms with Crippen LogP contribution in [0.1, 0.15) is 58.3 Å². The molecule has 0 atom stereocenters. The molecule has 41 heavy (non-hydrogen) atoms. The number of benzene rings is 2. The molecule has 4 nitrogen and oxygen atoms in total. The highest BCUT2D eigenvalue weighted by molar-refractivity contribution is 5.66. The van der Waals surface area contributed by atoms with E-state index in [1.807, 2.05) is 0 Å². The van der Waals surface area contributed by atoms with E-state index in [4.69, 9.17) is 14.2 Å². The molecule has 1 saturated heterocycles. The fourth-order valence-corrected chi connectivity index (χ4v) is 5.33. The molecule has 2 aromatic rings. The molecule has 0 bridgehead atoms. The number of ether oxygens (including phenoxy) is 4. The molecule has 2 aliphatic rings. The van der Waals surface area contributed by atoms with Gasteiger partial charge in [0.25, 0.3) is 0 Å². The number of alkyl halides is 2. The Kier molecular flexibility index (Phi) is 10.6. The van der Waals surface area contributed by atoms with E-state index in [1.165, 1.54) is 6.42 Å². The van der Waals surface area contributed by atoms with E-state index in [2.05, 4.69) is 11.7 Å². The molecule has 0 spiro atoms. The van der Waals surface area contributed by atoms with E-state index in [0.29, 0.717) is 32.0 Å². The van der Waals surface area contributed by atoms with Gasteiger partial charge in [0.15, 0.2) is 17.9 Å². The molecule has 2 aromatic carbocycles. The summed E-state index contributed by atoms with van der Waals surface area (Å²) in [5, 5.41) is 0. The summed E-state index contributed by atoms with van der Waals surface area (Å²) < 4.78 is 117. The third-order valence-electron chi connectivity index (χ3n) is 7.63. The first-order valence-electron chi connectivity index (χ1n) is 13.9. The largest absolute Gasteiger partial charge is 0.432 e. The van der Waals surface area contributed by atoms with Gasteiger partial charge in [-0.05, 0) is 61.9 Å². The van der Waals surface area contributed by atoms with Crippen molar-refractivity contribution in [3.63, 3.8) is 0 Å². The Morgan fingerprint density at radius 3 is 2.22 bits per heavy atom. The third kappa shape index (κ3) is 8.16. The molecular weight excluding hydrogens is 557 g/mol. The van der Waals surface area contributed by atoms with E-state index in [9.17, 15) is 22.0 Å². The third-order valence-corrected chi connectivity index (χ3v) is 7.63. The average Bonchev–Trinajstić information content (AvgIpc) is 2.94. The van der Waals surface area contributed by atoms with Crippen molar-refractivity contribution in [2.45, 2.75) is 70.7 Å². The fraction of sp³-hybridized carbons (Fsp3) is 0.533. The van der Waals surface area contributed by atoms with Gasteiger partial charge in [-0.15, -0.1) is 0 Å². The molecule has 1 aliphatic carbocycles. The molecule has 4 rings (SSSR count). The minimum Gasteiger partial charge on any atom is -0.432 e. The first-order chi connectivity index (χ1) is 19.6. The molecular formula is C30H33F7O4. The van der Waals surface area contributed by atoms with E-state index < -0.39 is 47.3 Å². The van der Waals surface area contributed by atoms with Crippen molar-refractivity contribution in [1.82, 2.24) is 0 Å². The molecule has 1 aliphatic heterocycles. The zero-order valence-corrected chi connectivity index (χ0v) is 22.6. The van der Waals surface area contributed by atoms with Crippen LogP contribution in [0.3, 0.4) is 0 Å². The van der Waals surface area contributed by atoms with Gasteiger partial charge < -0.3 is 18.9 Å². The number of hydrogen-bond acceptors (Lipinski definition) is 4. The van der Waals surface area contributed by atoms with Crippen molar-refractivity contribution in [3.8, 4) is 22.6 Å². The molecule has 11 heteroatoms. The van der Waals surface area contributed by atoms with Crippen molar-refractivity contribution in [3.05, 3.63) is 60.1 Å². The topological polar surface area (TPSA) is 36.9 Å². The van der Waals surface area contributed by atoms with Gasteiger partial charge in [0, 0.05) is 23.5 Å². The Balaban J connectivity index is 1.31. The molecule has 1 heterocycles. The fourth-order valence-electron chi connectivity index (χ4n) is 5.33. The lowest BCUT2D eigenvalue weighted by Gasteiger charge is -2.39. The van der Waals surface area contributed by atoms with Crippen molar-refractivity contribution in [2.24, 2.45) is 17.8 Å². The Morgan fingerprint density at radius 1 is 0.902 bits per heavy atom. The maximum absolute atomic E-state index is 15.0. The molecule has 0 unspecified atom stereocenters. The second-order valence-corrected chi connectivity index (χ2v) is 10.6. The van der Waals surface area contributed by atoms with Gasteiger partial charge in [-0.1, -0.05) is 32.3 Å². The second kappa shape index (κ2) is 13.9. The summed E-state index contributed by atoms with van der Waals surface area (Å²) in [4.78, 5) is 0. The quantitative estimate of drug-likeness (QED) is 0.148. The number of unbranched alkanes of at least 4 members (excludes halogenated alkanes) is 2. The van der Waals surface area contributed by atoms with Crippen molar-refractivity contribution >= 4 is 0 Å². The van der Waals surface area contributed by atoms with Gasteiger partial charge >= 0.3 is 18.2 Å². The lowest BCUT2D eigenvalue weighted by molar-refractivity contribution is -0.247. The highest BCUT2D eigenvalue weighted by Gasteiger charge is 2.45. The molecule has 0 aromatic heterocycles. The smallest absolute Gasteiger partial charge is 0.400 e. The maximum Gasteiger partial charge on any atom is 0.400 e. The molecule has 0 radical (unpaired) electrons. The minimum atomic E-state index is -3.55. The maximum atomic E-state index is 15.0. The SMILES string of the molecule is CCCCCC1COC(C2CCC(C(F)(F)Oc3ccc(-c4ccc(OC(F)=C(F)F)c(F)c4)c(F)c3)CC2)OC1. The predicted molar refractivity (Wildman–Crippen MR) is 137 cm³/mol. The summed E-state index contributed by atoms with van der Waals surface area (Å²) in [7, 11) is 0. The van der Waals surface area contributed by atoms with Crippen molar-refractivity contribution in [1.29, 1.82) is 0 Å². The van der Waals surface area contributed by atoms with Crippen molar-refractivity contribution in [2.75, 3.05) is 13.2 Å². The molecule has 2 fully saturated rings. The van der Waals surface area contributed by atoms with Gasteiger partial charge in [0.05, 0.1) is 19.1 Å². The lowest BCUT2D eigenvalue weighted by atomic mass is 9.80. The number of rotatable bonds is 11. The Bertz CT molecular complexity index is 1190. The minimum absolute atomic E-state index is 0.0241. The van der Waals surface area contributed by atoms with Crippen LogP contribution in [-0.4, -0.2) is 25.6 Å². The highest BCUT2D eigenvalue weighted by Crippen LogP contribution is 2.42. The van der Waals surface area contributed by atoms with Crippen LogP contribution in [0.25, 0.3) is 11.1 Å².